The average Bonchev–Trinajstić information content (AvgIpc) is 2.14. The highest BCUT2D eigenvalue weighted by Crippen LogP contribution is 2.17. The molecule has 0 bridgehead atoms. The number of hydrogen-bond donors (Lipinski definition) is 1. The maximum atomic E-state index is 5.29. The first-order valence-corrected chi connectivity index (χ1v) is 3.74. The van der Waals surface area contributed by atoms with Crippen molar-refractivity contribution in [1.29, 1.82) is 0 Å². The van der Waals surface area contributed by atoms with Crippen molar-refractivity contribution in [3.8, 4) is 0 Å². The second-order valence-electron chi connectivity index (χ2n) is 1.26. The molecule has 1 aromatic rings. The molecule has 0 aliphatic rings. The molecule has 0 saturated carbocycles. The molecule has 2 nitrogen and oxygen atoms in total. The third-order valence-electron chi connectivity index (χ3n) is 0.700. The lowest BCUT2D eigenvalue weighted by Gasteiger charge is -1.78. The molecule has 0 unspecified atom stereocenters. The minimum atomic E-state index is 0. The summed E-state index contributed by atoms with van der Waals surface area (Å²) in [6.45, 7) is 0.538. The SMILES string of the molecule is C.Cl.NCc1ncc(Br)s1. The van der Waals surface area contributed by atoms with Crippen LogP contribution >= 0.6 is 39.7 Å². The summed E-state index contributed by atoms with van der Waals surface area (Å²) in [5.74, 6) is 0. The van der Waals surface area contributed by atoms with Gasteiger partial charge in [-0.3, -0.25) is 0 Å². The van der Waals surface area contributed by atoms with Crippen LogP contribution in [0.5, 0.6) is 0 Å². The molecular weight excluding hydrogens is 235 g/mol. The molecule has 0 atom stereocenters. The molecule has 0 aliphatic carbocycles. The van der Waals surface area contributed by atoms with E-state index in [1.165, 1.54) is 0 Å². The van der Waals surface area contributed by atoms with E-state index in [0.29, 0.717) is 6.54 Å². The smallest absolute Gasteiger partial charge is 0.107 e. The lowest BCUT2D eigenvalue weighted by molar-refractivity contribution is 1.04. The lowest BCUT2D eigenvalue weighted by Crippen LogP contribution is -1.93. The van der Waals surface area contributed by atoms with E-state index in [9.17, 15) is 0 Å². The van der Waals surface area contributed by atoms with Crippen LogP contribution < -0.4 is 5.73 Å². The van der Waals surface area contributed by atoms with Gasteiger partial charge in [0.2, 0.25) is 0 Å². The summed E-state index contributed by atoms with van der Waals surface area (Å²) in [6.07, 6.45) is 1.76. The standard InChI is InChI=1S/C4H5BrN2S.CH4.ClH/c5-3-2-7-4(1-6)8-3;;/h2H,1,6H2;1H4;1H. The highest BCUT2D eigenvalue weighted by molar-refractivity contribution is 9.11. The summed E-state index contributed by atoms with van der Waals surface area (Å²) in [6, 6.07) is 0. The molecule has 0 radical (unpaired) electrons. The highest BCUT2D eigenvalue weighted by Gasteiger charge is 1.93. The van der Waals surface area contributed by atoms with Crippen molar-refractivity contribution < 1.29 is 0 Å². The number of hydrogen-bond acceptors (Lipinski definition) is 3. The van der Waals surface area contributed by atoms with Crippen molar-refractivity contribution in [2.75, 3.05) is 0 Å². The Balaban J connectivity index is 0. The van der Waals surface area contributed by atoms with Gasteiger partial charge >= 0.3 is 0 Å². The largest absolute Gasteiger partial charge is 0.325 e. The summed E-state index contributed by atoms with van der Waals surface area (Å²) in [7, 11) is 0. The second-order valence-corrected chi connectivity index (χ2v) is 3.76. The molecule has 0 saturated heterocycles. The van der Waals surface area contributed by atoms with Gasteiger partial charge in [0.05, 0.1) is 9.98 Å². The zero-order valence-corrected chi connectivity index (χ0v) is 7.72. The topological polar surface area (TPSA) is 38.9 Å². The first-order chi connectivity index (χ1) is 3.83. The molecule has 2 N–H and O–H groups in total. The van der Waals surface area contributed by atoms with E-state index in [2.05, 4.69) is 20.9 Å². The molecule has 10 heavy (non-hydrogen) atoms. The predicted octanol–water partition coefficient (Wildman–Crippen LogP) is 2.42. The van der Waals surface area contributed by atoms with Gasteiger partial charge in [0.15, 0.2) is 0 Å². The van der Waals surface area contributed by atoms with E-state index in [0.717, 1.165) is 8.79 Å². The molecule has 60 valence electrons. The van der Waals surface area contributed by atoms with Crippen LogP contribution in [-0.2, 0) is 6.54 Å². The predicted molar refractivity (Wildman–Crippen MR) is 51.7 cm³/mol. The maximum Gasteiger partial charge on any atom is 0.107 e. The van der Waals surface area contributed by atoms with Crippen LogP contribution in [0.3, 0.4) is 0 Å². The summed E-state index contributed by atoms with van der Waals surface area (Å²) in [5, 5.41) is 0.969. The zero-order valence-electron chi connectivity index (χ0n) is 4.50. The zero-order chi connectivity index (χ0) is 5.98. The molecule has 5 heteroatoms. The molecule has 0 fully saturated rings. The molecule has 1 aromatic heterocycles. The fraction of sp³-hybridized carbons (Fsp3) is 0.400. The van der Waals surface area contributed by atoms with Crippen LogP contribution in [0.15, 0.2) is 9.98 Å². The van der Waals surface area contributed by atoms with Gasteiger partial charge < -0.3 is 5.73 Å². The molecule has 1 heterocycles. The summed E-state index contributed by atoms with van der Waals surface area (Å²) >= 11 is 4.84. The monoisotopic (exact) mass is 244 g/mol. The minimum Gasteiger partial charge on any atom is -0.325 e. The van der Waals surface area contributed by atoms with Crippen LogP contribution in [0.1, 0.15) is 12.4 Å². The van der Waals surface area contributed by atoms with Crippen molar-refractivity contribution in [2.45, 2.75) is 14.0 Å². The van der Waals surface area contributed by atoms with Crippen molar-refractivity contribution in [1.82, 2.24) is 4.98 Å². The Bertz CT molecular complexity index is 180. The van der Waals surface area contributed by atoms with Gasteiger partial charge in [0, 0.05) is 6.54 Å². The Morgan fingerprint density at radius 2 is 2.30 bits per heavy atom. The van der Waals surface area contributed by atoms with Crippen molar-refractivity contribution in [3.63, 3.8) is 0 Å². The van der Waals surface area contributed by atoms with Crippen molar-refractivity contribution >= 4 is 39.7 Å². The van der Waals surface area contributed by atoms with E-state index >= 15 is 0 Å². The average molecular weight is 246 g/mol. The van der Waals surface area contributed by atoms with E-state index in [-0.39, 0.29) is 19.8 Å². The van der Waals surface area contributed by atoms with E-state index < -0.39 is 0 Å². The number of nitrogens with two attached hydrogens (primary N) is 1. The van der Waals surface area contributed by atoms with E-state index in [1.54, 1.807) is 17.5 Å². The van der Waals surface area contributed by atoms with Gasteiger partial charge in [-0.05, 0) is 15.9 Å². The Kier molecular flexibility index (Phi) is 7.92. The fourth-order valence-corrected chi connectivity index (χ4v) is 1.56. The van der Waals surface area contributed by atoms with Crippen LogP contribution in [0.25, 0.3) is 0 Å². The normalized spacial score (nSPS) is 7.80. The third-order valence-corrected chi connectivity index (χ3v) is 2.20. The van der Waals surface area contributed by atoms with E-state index in [1.807, 2.05) is 0 Å². The number of aromatic nitrogens is 1. The van der Waals surface area contributed by atoms with Gasteiger partial charge in [0.1, 0.15) is 5.01 Å². The summed E-state index contributed by atoms with van der Waals surface area (Å²) < 4.78 is 1.04. The minimum absolute atomic E-state index is 0. The first-order valence-electron chi connectivity index (χ1n) is 2.13. The molecule has 0 spiro atoms. The van der Waals surface area contributed by atoms with Crippen LogP contribution in [0.4, 0.5) is 0 Å². The van der Waals surface area contributed by atoms with Gasteiger partial charge in [-0.1, -0.05) is 7.43 Å². The van der Waals surface area contributed by atoms with Crippen molar-refractivity contribution in [2.24, 2.45) is 5.73 Å². The number of nitrogens with zero attached hydrogens (tertiary/aromatic N) is 1. The highest BCUT2D eigenvalue weighted by atomic mass is 79.9. The second kappa shape index (κ2) is 6.09. The number of rotatable bonds is 1. The quantitative estimate of drug-likeness (QED) is 0.825. The Morgan fingerprint density at radius 3 is 2.50 bits per heavy atom. The Hall–Kier alpha value is 0.360. The maximum absolute atomic E-state index is 5.29. The number of thiazole rings is 1. The lowest BCUT2D eigenvalue weighted by atomic mass is 10.7. The Morgan fingerprint density at radius 1 is 1.70 bits per heavy atom. The fourth-order valence-electron chi connectivity index (χ4n) is 0.382. The van der Waals surface area contributed by atoms with Gasteiger partial charge in [-0.25, -0.2) is 4.98 Å². The summed E-state index contributed by atoms with van der Waals surface area (Å²) in [5.41, 5.74) is 5.29. The molecule has 0 amide bonds. The third kappa shape index (κ3) is 3.51. The molecule has 0 aromatic carbocycles. The Labute approximate surface area is 79.4 Å². The number of halogens is 2. The van der Waals surface area contributed by atoms with Crippen LogP contribution in [0, 0.1) is 0 Å². The first kappa shape index (κ1) is 13.0. The van der Waals surface area contributed by atoms with Gasteiger partial charge in [-0.15, -0.1) is 23.7 Å². The van der Waals surface area contributed by atoms with Gasteiger partial charge in [-0.2, -0.15) is 0 Å². The van der Waals surface area contributed by atoms with E-state index in [4.69, 9.17) is 5.73 Å². The van der Waals surface area contributed by atoms with Crippen LogP contribution in [-0.4, -0.2) is 4.98 Å². The molecule has 0 aliphatic heterocycles. The van der Waals surface area contributed by atoms with Crippen molar-refractivity contribution in [3.05, 3.63) is 15.0 Å². The molecule has 1 rings (SSSR count). The molecular formula is C5H10BrClN2S. The van der Waals surface area contributed by atoms with Gasteiger partial charge in [0.25, 0.3) is 0 Å². The van der Waals surface area contributed by atoms with Crippen LogP contribution in [0.2, 0.25) is 0 Å². The summed E-state index contributed by atoms with van der Waals surface area (Å²) in [4.78, 5) is 3.98.